The minimum atomic E-state index is -0.542. The van der Waals surface area contributed by atoms with Gasteiger partial charge in [-0.25, -0.2) is 0 Å². The van der Waals surface area contributed by atoms with Crippen LogP contribution in [0.25, 0.3) is 0 Å². The molecule has 6 nitrogen and oxygen atoms in total. The van der Waals surface area contributed by atoms with Crippen LogP contribution in [-0.4, -0.2) is 35.4 Å². The van der Waals surface area contributed by atoms with E-state index in [1.807, 2.05) is 0 Å². The molecule has 3 fully saturated rings. The van der Waals surface area contributed by atoms with Gasteiger partial charge in [-0.3, -0.25) is 14.4 Å². The minimum Gasteiger partial charge on any atom is -0.461 e. The summed E-state index contributed by atoms with van der Waals surface area (Å²) in [5.41, 5.74) is 0.524. The number of hydrogen-bond acceptors (Lipinski definition) is 5. The van der Waals surface area contributed by atoms with Crippen molar-refractivity contribution in [1.29, 1.82) is 0 Å². The number of rotatable bonds is 4. The van der Waals surface area contributed by atoms with Crippen molar-refractivity contribution in [2.24, 2.45) is 23.7 Å². The Bertz CT molecular complexity index is 756. The van der Waals surface area contributed by atoms with Gasteiger partial charge in [0.2, 0.25) is 0 Å². The van der Waals surface area contributed by atoms with Crippen LogP contribution in [0.3, 0.4) is 0 Å². The van der Waals surface area contributed by atoms with Crippen LogP contribution in [0.2, 0.25) is 5.02 Å². The molecule has 1 heterocycles. The van der Waals surface area contributed by atoms with Crippen molar-refractivity contribution in [1.82, 2.24) is 0 Å². The van der Waals surface area contributed by atoms with Gasteiger partial charge in [0.05, 0.1) is 16.7 Å². The lowest BCUT2D eigenvalue weighted by molar-refractivity contribution is -0.157. The van der Waals surface area contributed by atoms with Crippen molar-refractivity contribution in [3.8, 4) is 0 Å². The Balaban J connectivity index is 1.36. The summed E-state index contributed by atoms with van der Waals surface area (Å²) in [4.78, 5) is 36.4. The number of nitrogens with one attached hydrogen (secondary N) is 1. The quantitative estimate of drug-likeness (QED) is 0.588. The molecule has 6 atom stereocenters. The molecule has 3 aliphatic rings. The second-order valence-electron chi connectivity index (χ2n) is 6.63. The number of carbonyl (C=O) groups excluding carboxylic acids is 3. The maximum Gasteiger partial charge on any atom is 0.310 e. The van der Waals surface area contributed by atoms with Gasteiger partial charge >= 0.3 is 11.9 Å². The van der Waals surface area contributed by atoms with Gasteiger partial charge in [0.1, 0.15) is 6.10 Å². The molecule has 2 aliphatic carbocycles. The van der Waals surface area contributed by atoms with Crippen molar-refractivity contribution in [3.63, 3.8) is 0 Å². The van der Waals surface area contributed by atoms with E-state index in [9.17, 15) is 14.4 Å². The van der Waals surface area contributed by atoms with E-state index in [1.165, 1.54) is 0 Å². The number of anilines is 1. The number of alkyl halides is 1. The van der Waals surface area contributed by atoms with Crippen LogP contribution in [0.15, 0.2) is 24.3 Å². The van der Waals surface area contributed by atoms with Gasteiger partial charge in [-0.05, 0) is 30.5 Å². The fourth-order valence-corrected chi connectivity index (χ4v) is 5.53. The smallest absolute Gasteiger partial charge is 0.310 e. The molecule has 1 N–H and O–H groups in total. The van der Waals surface area contributed by atoms with Crippen LogP contribution in [-0.2, 0) is 23.9 Å². The van der Waals surface area contributed by atoms with Crippen LogP contribution in [0.1, 0.15) is 6.42 Å². The molecule has 1 aliphatic heterocycles. The standard InChI is InChI=1S/C17H15BrClNO5/c18-14-9-5-10-13(17(23)25-15(10)14)12(9)16(22)24-6-11(21)20-8-3-1-2-7(19)4-8/h1-4,9-10,12-15H,5-6H2,(H,20,21)/t9-,10-,12-,13-,14+,15+/m1/s1. The summed E-state index contributed by atoms with van der Waals surface area (Å²) in [5.74, 6) is -2.20. The second kappa shape index (κ2) is 6.29. The Morgan fingerprint density at radius 3 is 2.92 bits per heavy atom. The normalized spacial score (nSPS) is 34.7. The van der Waals surface area contributed by atoms with Gasteiger partial charge in [0.25, 0.3) is 5.91 Å². The molecule has 4 rings (SSSR count). The third-order valence-electron chi connectivity index (χ3n) is 5.25. The highest BCUT2D eigenvalue weighted by atomic mass is 79.9. The first-order valence-corrected chi connectivity index (χ1v) is 9.31. The summed E-state index contributed by atoms with van der Waals surface area (Å²) >= 11 is 9.40. The fourth-order valence-electron chi connectivity index (χ4n) is 4.29. The maximum absolute atomic E-state index is 12.5. The fraction of sp³-hybridized carbons (Fsp3) is 0.471. The van der Waals surface area contributed by atoms with E-state index in [4.69, 9.17) is 21.1 Å². The molecule has 8 heteroatoms. The summed E-state index contributed by atoms with van der Waals surface area (Å²) in [7, 11) is 0. The number of carbonyl (C=O) groups is 3. The highest BCUT2D eigenvalue weighted by Gasteiger charge is 2.68. The largest absolute Gasteiger partial charge is 0.461 e. The number of esters is 2. The molecule has 0 aromatic heterocycles. The van der Waals surface area contributed by atoms with Crippen molar-refractivity contribution in [2.75, 3.05) is 11.9 Å². The highest BCUT2D eigenvalue weighted by Crippen LogP contribution is 2.60. The lowest BCUT2D eigenvalue weighted by Gasteiger charge is -2.26. The number of benzene rings is 1. The average molecular weight is 429 g/mol. The van der Waals surface area contributed by atoms with E-state index in [2.05, 4.69) is 21.2 Å². The molecule has 1 saturated heterocycles. The van der Waals surface area contributed by atoms with Gasteiger partial charge < -0.3 is 14.8 Å². The monoisotopic (exact) mass is 427 g/mol. The lowest BCUT2D eigenvalue weighted by atomic mass is 9.80. The number of fused-ring (bicyclic) bond motifs is 1. The lowest BCUT2D eigenvalue weighted by Crippen LogP contribution is -2.39. The van der Waals surface area contributed by atoms with E-state index in [1.54, 1.807) is 24.3 Å². The van der Waals surface area contributed by atoms with Crippen molar-refractivity contribution >= 4 is 51.1 Å². The van der Waals surface area contributed by atoms with Crippen molar-refractivity contribution in [3.05, 3.63) is 29.3 Å². The maximum atomic E-state index is 12.5. The molecule has 1 aromatic carbocycles. The topological polar surface area (TPSA) is 81.7 Å². The van der Waals surface area contributed by atoms with E-state index >= 15 is 0 Å². The summed E-state index contributed by atoms with van der Waals surface area (Å²) in [6.07, 6.45) is 0.628. The van der Waals surface area contributed by atoms with Crippen LogP contribution in [0, 0.1) is 23.7 Å². The van der Waals surface area contributed by atoms with Crippen molar-refractivity contribution in [2.45, 2.75) is 17.4 Å². The zero-order valence-electron chi connectivity index (χ0n) is 13.0. The molecule has 0 radical (unpaired) electrons. The number of amides is 1. The Kier molecular flexibility index (Phi) is 4.24. The third-order valence-corrected chi connectivity index (χ3v) is 6.68. The van der Waals surface area contributed by atoms with Gasteiger partial charge in [0, 0.05) is 16.6 Å². The summed E-state index contributed by atoms with van der Waals surface area (Å²) in [6.45, 7) is -0.405. The zero-order chi connectivity index (χ0) is 17.7. The van der Waals surface area contributed by atoms with Crippen molar-refractivity contribution < 1.29 is 23.9 Å². The minimum absolute atomic E-state index is 0.00920. The van der Waals surface area contributed by atoms with E-state index in [0.29, 0.717) is 10.7 Å². The SMILES string of the molecule is O=C(COC(=O)[C@@H]1[C@H]2C[C@H]3[C@H](OC(=O)[C@H]31)[C@H]2Br)Nc1cccc(Cl)c1. The third kappa shape index (κ3) is 2.83. The first kappa shape index (κ1) is 16.8. The average Bonchev–Trinajstić information content (AvgIpc) is 3.17. The molecule has 1 amide bonds. The Morgan fingerprint density at radius 1 is 1.36 bits per heavy atom. The summed E-state index contributed by atoms with van der Waals surface area (Å²) < 4.78 is 10.5. The Morgan fingerprint density at radius 2 is 2.16 bits per heavy atom. The van der Waals surface area contributed by atoms with E-state index in [-0.39, 0.29) is 28.7 Å². The molecule has 0 spiro atoms. The van der Waals surface area contributed by atoms with Gasteiger partial charge in [-0.1, -0.05) is 33.6 Å². The van der Waals surface area contributed by atoms with E-state index in [0.717, 1.165) is 6.42 Å². The molecular weight excluding hydrogens is 414 g/mol. The predicted molar refractivity (Wildman–Crippen MR) is 92.2 cm³/mol. The molecular formula is C17H15BrClNO5. The first-order valence-electron chi connectivity index (χ1n) is 8.02. The molecule has 25 heavy (non-hydrogen) atoms. The summed E-state index contributed by atoms with van der Waals surface area (Å²) in [5, 5.41) is 3.11. The highest BCUT2D eigenvalue weighted by molar-refractivity contribution is 9.09. The van der Waals surface area contributed by atoms with Crippen LogP contribution < -0.4 is 5.32 Å². The van der Waals surface area contributed by atoms with Crippen LogP contribution in [0.5, 0.6) is 0 Å². The predicted octanol–water partition coefficient (Wildman–Crippen LogP) is 2.39. The molecule has 0 unspecified atom stereocenters. The van der Waals surface area contributed by atoms with Gasteiger partial charge in [0.15, 0.2) is 6.61 Å². The molecule has 1 aromatic rings. The number of hydrogen-bond donors (Lipinski definition) is 1. The molecule has 2 bridgehead atoms. The second-order valence-corrected chi connectivity index (χ2v) is 8.12. The van der Waals surface area contributed by atoms with E-state index < -0.39 is 30.3 Å². The summed E-state index contributed by atoms with van der Waals surface area (Å²) in [6, 6.07) is 6.68. The Labute approximate surface area is 157 Å². The number of halogens is 2. The first-order chi connectivity index (χ1) is 12.0. The van der Waals surface area contributed by atoms with Gasteiger partial charge in [-0.15, -0.1) is 0 Å². The number of ether oxygens (including phenoxy) is 2. The Hall–Kier alpha value is -1.60. The molecule has 2 saturated carbocycles. The zero-order valence-corrected chi connectivity index (χ0v) is 15.3. The molecule has 132 valence electrons. The van der Waals surface area contributed by atoms with Crippen LogP contribution in [0.4, 0.5) is 5.69 Å². The van der Waals surface area contributed by atoms with Crippen LogP contribution >= 0.6 is 27.5 Å². The van der Waals surface area contributed by atoms with Gasteiger partial charge in [-0.2, -0.15) is 0 Å².